The molecule has 1 rings (SSSR count). The zero-order valence-corrected chi connectivity index (χ0v) is 5.93. The first-order valence-electron chi connectivity index (χ1n) is 3.52. The van der Waals surface area contributed by atoms with Crippen molar-refractivity contribution >= 4 is 0 Å². The number of hydrogen-bond donors (Lipinski definition) is 1. The van der Waals surface area contributed by atoms with Gasteiger partial charge < -0.3 is 5.11 Å². The molecule has 0 aromatic rings. The zero-order valence-electron chi connectivity index (χ0n) is 5.93. The van der Waals surface area contributed by atoms with Gasteiger partial charge in [-0.05, 0) is 26.2 Å². The monoisotopic (exact) mass is 126 g/mol. The van der Waals surface area contributed by atoms with Crippen LogP contribution in [0.5, 0.6) is 0 Å². The highest BCUT2D eigenvalue weighted by Gasteiger charge is 2.34. The second-order valence-corrected chi connectivity index (χ2v) is 3.09. The Bertz CT molecular complexity index is 116. The van der Waals surface area contributed by atoms with E-state index in [2.05, 4.69) is 6.58 Å². The second-order valence-electron chi connectivity index (χ2n) is 3.09. The summed E-state index contributed by atoms with van der Waals surface area (Å²) < 4.78 is 0. The molecule has 52 valence electrons. The van der Waals surface area contributed by atoms with Gasteiger partial charge in [0, 0.05) is 5.92 Å². The van der Waals surface area contributed by atoms with Gasteiger partial charge in [0.1, 0.15) is 0 Å². The first kappa shape index (κ1) is 6.81. The number of rotatable bonds is 1. The maximum absolute atomic E-state index is 9.58. The summed E-state index contributed by atoms with van der Waals surface area (Å²) in [6.07, 6.45) is 5.05. The molecule has 1 fully saturated rings. The van der Waals surface area contributed by atoms with Crippen molar-refractivity contribution in [2.45, 2.75) is 31.8 Å². The molecular weight excluding hydrogens is 112 g/mol. The van der Waals surface area contributed by atoms with Gasteiger partial charge in [0.05, 0.1) is 5.60 Å². The van der Waals surface area contributed by atoms with Crippen LogP contribution in [-0.2, 0) is 0 Å². The van der Waals surface area contributed by atoms with Gasteiger partial charge in [-0.25, -0.2) is 0 Å². The fourth-order valence-electron chi connectivity index (χ4n) is 1.55. The maximum atomic E-state index is 9.58. The fraction of sp³-hybridized carbons (Fsp3) is 0.750. The lowest BCUT2D eigenvalue weighted by Crippen LogP contribution is -2.26. The Morgan fingerprint density at radius 3 is 2.67 bits per heavy atom. The molecule has 1 aliphatic carbocycles. The summed E-state index contributed by atoms with van der Waals surface area (Å²) in [4.78, 5) is 0. The number of aliphatic hydroxyl groups is 1. The summed E-state index contributed by atoms with van der Waals surface area (Å²) in [5.74, 6) is 0.331. The van der Waals surface area contributed by atoms with E-state index in [0.717, 1.165) is 19.3 Å². The van der Waals surface area contributed by atoms with Crippen LogP contribution in [-0.4, -0.2) is 10.7 Å². The van der Waals surface area contributed by atoms with Crippen molar-refractivity contribution in [2.24, 2.45) is 5.92 Å². The van der Waals surface area contributed by atoms with Crippen molar-refractivity contribution in [3.63, 3.8) is 0 Å². The lowest BCUT2D eigenvalue weighted by atomic mass is 9.93. The van der Waals surface area contributed by atoms with Crippen molar-refractivity contribution in [1.29, 1.82) is 0 Å². The van der Waals surface area contributed by atoms with Crippen LogP contribution >= 0.6 is 0 Å². The minimum absolute atomic E-state index is 0.331. The average Bonchev–Trinajstić information content (AvgIpc) is 2.08. The standard InChI is InChI=1S/C8H14O/c1-3-7-5-4-6-8(7,2)9/h3,7,9H,1,4-6H2,2H3/t7-,8-/m1/s1. The molecule has 0 unspecified atom stereocenters. The molecule has 0 aromatic carbocycles. The Hall–Kier alpha value is -0.300. The molecule has 0 spiro atoms. The van der Waals surface area contributed by atoms with Gasteiger partial charge in [0.15, 0.2) is 0 Å². The molecule has 0 amide bonds. The molecule has 1 saturated carbocycles. The lowest BCUT2D eigenvalue weighted by Gasteiger charge is -2.21. The normalized spacial score (nSPS) is 43.1. The molecule has 2 atom stereocenters. The van der Waals surface area contributed by atoms with Crippen molar-refractivity contribution < 1.29 is 5.11 Å². The van der Waals surface area contributed by atoms with Crippen LogP contribution in [0, 0.1) is 5.92 Å². The first-order chi connectivity index (χ1) is 4.17. The molecule has 1 heteroatoms. The van der Waals surface area contributed by atoms with Crippen LogP contribution in [0.4, 0.5) is 0 Å². The second kappa shape index (κ2) is 2.14. The first-order valence-corrected chi connectivity index (χ1v) is 3.52. The van der Waals surface area contributed by atoms with Crippen molar-refractivity contribution in [3.05, 3.63) is 12.7 Å². The molecule has 0 aromatic heterocycles. The summed E-state index contributed by atoms with van der Waals surface area (Å²) in [5.41, 5.74) is -0.457. The van der Waals surface area contributed by atoms with Gasteiger partial charge in [-0.15, -0.1) is 6.58 Å². The van der Waals surface area contributed by atoms with Crippen LogP contribution in [0.2, 0.25) is 0 Å². The van der Waals surface area contributed by atoms with E-state index in [1.54, 1.807) is 0 Å². The quantitative estimate of drug-likeness (QED) is 0.530. The van der Waals surface area contributed by atoms with Crippen LogP contribution in [0.15, 0.2) is 12.7 Å². The van der Waals surface area contributed by atoms with Gasteiger partial charge in [-0.1, -0.05) is 6.08 Å². The topological polar surface area (TPSA) is 20.2 Å². The highest BCUT2D eigenvalue weighted by molar-refractivity contribution is 4.97. The average molecular weight is 126 g/mol. The summed E-state index contributed by atoms with van der Waals surface area (Å²) in [7, 11) is 0. The Labute approximate surface area is 56.4 Å². The van der Waals surface area contributed by atoms with E-state index >= 15 is 0 Å². The molecule has 1 nitrogen and oxygen atoms in total. The third-order valence-electron chi connectivity index (χ3n) is 2.28. The summed E-state index contributed by atoms with van der Waals surface area (Å²) in [6.45, 7) is 5.57. The largest absolute Gasteiger partial charge is 0.390 e. The third kappa shape index (κ3) is 1.16. The van der Waals surface area contributed by atoms with Gasteiger partial charge in [0.25, 0.3) is 0 Å². The Kier molecular flexibility index (Phi) is 1.62. The van der Waals surface area contributed by atoms with Crippen LogP contribution in [0.25, 0.3) is 0 Å². The van der Waals surface area contributed by atoms with Crippen molar-refractivity contribution in [3.8, 4) is 0 Å². The molecule has 1 N–H and O–H groups in total. The fourth-order valence-corrected chi connectivity index (χ4v) is 1.55. The summed E-state index contributed by atoms with van der Waals surface area (Å²) in [5, 5.41) is 9.58. The molecule has 9 heavy (non-hydrogen) atoms. The zero-order chi connectivity index (χ0) is 6.91. The smallest absolute Gasteiger partial charge is 0.0682 e. The summed E-state index contributed by atoms with van der Waals surface area (Å²) >= 11 is 0. The predicted octanol–water partition coefficient (Wildman–Crippen LogP) is 1.72. The van der Waals surface area contributed by atoms with Crippen LogP contribution in [0.3, 0.4) is 0 Å². The summed E-state index contributed by atoms with van der Waals surface area (Å²) in [6, 6.07) is 0. The van der Waals surface area contributed by atoms with E-state index in [4.69, 9.17) is 0 Å². The molecule has 0 radical (unpaired) electrons. The highest BCUT2D eigenvalue weighted by atomic mass is 16.3. The Morgan fingerprint density at radius 2 is 2.44 bits per heavy atom. The highest BCUT2D eigenvalue weighted by Crippen LogP contribution is 2.35. The minimum Gasteiger partial charge on any atom is -0.390 e. The van der Waals surface area contributed by atoms with E-state index in [0.29, 0.717) is 5.92 Å². The maximum Gasteiger partial charge on any atom is 0.0682 e. The van der Waals surface area contributed by atoms with Crippen LogP contribution < -0.4 is 0 Å². The van der Waals surface area contributed by atoms with Crippen molar-refractivity contribution in [2.75, 3.05) is 0 Å². The molecule has 1 aliphatic rings. The molecular formula is C8H14O. The van der Waals surface area contributed by atoms with Crippen molar-refractivity contribution in [1.82, 2.24) is 0 Å². The van der Waals surface area contributed by atoms with E-state index in [1.165, 1.54) is 0 Å². The third-order valence-corrected chi connectivity index (χ3v) is 2.28. The van der Waals surface area contributed by atoms with Gasteiger partial charge >= 0.3 is 0 Å². The van der Waals surface area contributed by atoms with E-state index in [-0.39, 0.29) is 0 Å². The van der Waals surface area contributed by atoms with E-state index in [1.807, 2.05) is 13.0 Å². The molecule has 0 aliphatic heterocycles. The van der Waals surface area contributed by atoms with Gasteiger partial charge in [0.2, 0.25) is 0 Å². The minimum atomic E-state index is -0.457. The molecule has 0 bridgehead atoms. The molecule has 0 heterocycles. The van der Waals surface area contributed by atoms with Gasteiger partial charge in [-0.3, -0.25) is 0 Å². The Balaban J connectivity index is 2.62. The lowest BCUT2D eigenvalue weighted by molar-refractivity contribution is 0.0390. The Morgan fingerprint density at radius 1 is 1.78 bits per heavy atom. The van der Waals surface area contributed by atoms with Crippen LogP contribution in [0.1, 0.15) is 26.2 Å². The predicted molar refractivity (Wildman–Crippen MR) is 38.2 cm³/mol. The SMILES string of the molecule is C=C[C@@H]1CCC[C@@]1(C)O. The van der Waals surface area contributed by atoms with E-state index in [9.17, 15) is 5.11 Å². The van der Waals surface area contributed by atoms with E-state index < -0.39 is 5.60 Å². The molecule has 0 saturated heterocycles. The van der Waals surface area contributed by atoms with Gasteiger partial charge in [-0.2, -0.15) is 0 Å². The number of hydrogen-bond acceptors (Lipinski definition) is 1.